The summed E-state index contributed by atoms with van der Waals surface area (Å²) < 4.78 is 48.6. The Morgan fingerprint density at radius 2 is 1.94 bits per heavy atom. The molecule has 0 radical (unpaired) electrons. The summed E-state index contributed by atoms with van der Waals surface area (Å²) in [7, 11) is -4.35. The monoisotopic (exact) mass is 514 g/mol. The Labute approximate surface area is 186 Å². The van der Waals surface area contributed by atoms with Crippen molar-refractivity contribution in [2.24, 2.45) is 0 Å². The largest absolute Gasteiger partial charge is 0.507 e. The highest BCUT2D eigenvalue weighted by Gasteiger charge is 2.34. The van der Waals surface area contributed by atoms with E-state index in [1.807, 2.05) is 0 Å². The van der Waals surface area contributed by atoms with Crippen molar-refractivity contribution in [3.8, 4) is 11.5 Å². The van der Waals surface area contributed by atoms with Gasteiger partial charge in [-0.05, 0) is 55.0 Å². The lowest BCUT2D eigenvalue weighted by atomic mass is 10.0. The zero-order valence-corrected chi connectivity index (χ0v) is 18.6. The normalized spacial score (nSPS) is 18.7. The molecule has 1 aliphatic heterocycles. The number of carbonyl (C=O) groups is 1. The van der Waals surface area contributed by atoms with Crippen molar-refractivity contribution in [1.29, 1.82) is 0 Å². The third-order valence-electron chi connectivity index (χ3n) is 5.23. The van der Waals surface area contributed by atoms with Crippen LogP contribution in [-0.4, -0.2) is 43.8 Å². The van der Waals surface area contributed by atoms with E-state index in [2.05, 4.69) is 26.0 Å². The molecule has 2 aromatic carbocycles. The van der Waals surface area contributed by atoms with Crippen LogP contribution in [0.1, 0.15) is 41.1 Å². The molecular weight excluding hydrogens is 495 g/mol. The van der Waals surface area contributed by atoms with Gasteiger partial charge in [0.2, 0.25) is 0 Å². The van der Waals surface area contributed by atoms with E-state index in [1.54, 1.807) is 0 Å². The molecule has 2 aromatic rings. The van der Waals surface area contributed by atoms with Crippen molar-refractivity contribution in [2.45, 2.75) is 36.1 Å². The van der Waals surface area contributed by atoms with Crippen LogP contribution >= 0.6 is 15.9 Å². The Morgan fingerprint density at radius 3 is 2.58 bits per heavy atom. The van der Waals surface area contributed by atoms with Gasteiger partial charge in [-0.2, -0.15) is 0 Å². The molecule has 1 unspecified atom stereocenters. The highest BCUT2D eigenvalue weighted by atomic mass is 79.9. The summed E-state index contributed by atoms with van der Waals surface area (Å²) >= 11 is 3.14. The number of carbonyl (C=O) groups excluding carboxylic acids is 1. The van der Waals surface area contributed by atoms with Crippen LogP contribution in [0.5, 0.6) is 11.5 Å². The number of ether oxygens (including phenoxy) is 1. The number of anilines is 1. The van der Waals surface area contributed by atoms with Gasteiger partial charge in [0.1, 0.15) is 22.0 Å². The molecule has 1 amide bonds. The standard InChI is InChI=1S/C20H20BrFN2O6S/c21-11-3-4-15(25)16(7-11)31(28,29)24-14-8-13(10-1-2-10)18(22)17(19(14)26)20(27)23-12-5-6-30-9-12/h3-4,7-8,10,12,24-26H,1-2,5-6,9H2,(H,23,27). The van der Waals surface area contributed by atoms with Crippen molar-refractivity contribution in [1.82, 2.24) is 5.32 Å². The topological polar surface area (TPSA) is 125 Å². The van der Waals surface area contributed by atoms with Gasteiger partial charge in [0.25, 0.3) is 15.9 Å². The fourth-order valence-electron chi connectivity index (χ4n) is 3.46. The van der Waals surface area contributed by atoms with Gasteiger partial charge in [-0.3, -0.25) is 9.52 Å². The molecule has 1 aliphatic carbocycles. The highest BCUT2D eigenvalue weighted by Crippen LogP contribution is 2.46. The first-order valence-electron chi connectivity index (χ1n) is 9.62. The number of nitrogens with one attached hydrogen (secondary N) is 2. The zero-order chi connectivity index (χ0) is 22.3. The van der Waals surface area contributed by atoms with E-state index in [-0.39, 0.29) is 29.8 Å². The predicted molar refractivity (Wildman–Crippen MR) is 113 cm³/mol. The van der Waals surface area contributed by atoms with Gasteiger partial charge in [-0.25, -0.2) is 12.8 Å². The van der Waals surface area contributed by atoms with Gasteiger partial charge in [0, 0.05) is 11.1 Å². The Kier molecular flexibility index (Phi) is 5.84. The summed E-state index contributed by atoms with van der Waals surface area (Å²) in [6.45, 7) is 0.737. The molecular formula is C20H20BrFN2O6S. The number of sulfonamides is 1. The molecule has 2 fully saturated rings. The second-order valence-electron chi connectivity index (χ2n) is 7.58. The third kappa shape index (κ3) is 4.48. The van der Waals surface area contributed by atoms with E-state index in [0.717, 1.165) is 0 Å². The molecule has 8 nitrogen and oxygen atoms in total. The molecule has 1 saturated heterocycles. The summed E-state index contributed by atoms with van der Waals surface area (Å²) in [6.07, 6.45) is 1.94. The zero-order valence-electron chi connectivity index (χ0n) is 16.2. The first-order valence-corrected chi connectivity index (χ1v) is 11.9. The molecule has 0 aromatic heterocycles. The molecule has 166 valence electrons. The molecule has 1 atom stereocenters. The number of halogens is 2. The van der Waals surface area contributed by atoms with Crippen LogP contribution in [0.15, 0.2) is 33.6 Å². The van der Waals surface area contributed by atoms with E-state index < -0.39 is 43.7 Å². The second kappa shape index (κ2) is 8.29. The van der Waals surface area contributed by atoms with Gasteiger partial charge < -0.3 is 20.3 Å². The van der Waals surface area contributed by atoms with Gasteiger partial charge in [-0.15, -0.1) is 0 Å². The minimum atomic E-state index is -4.35. The van der Waals surface area contributed by atoms with Crippen LogP contribution in [0, 0.1) is 5.82 Å². The van der Waals surface area contributed by atoms with E-state index in [1.165, 1.54) is 24.3 Å². The molecule has 11 heteroatoms. The summed E-state index contributed by atoms with van der Waals surface area (Å²) in [5.74, 6) is -3.21. The Balaban J connectivity index is 1.74. The molecule has 31 heavy (non-hydrogen) atoms. The van der Waals surface area contributed by atoms with Gasteiger partial charge >= 0.3 is 0 Å². The number of aromatic hydroxyl groups is 2. The van der Waals surface area contributed by atoms with Crippen LogP contribution in [0.4, 0.5) is 10.1 Å². The van der Waals surface area contributed by atoms with Crippen molar-refractivity contribution in [3.63, 3.8) is 0 Å². The SMILES string of the molecule is O=C(NC1CCOC1)c1c(O)c(NS(=O)(=O)c2cc(Br)ccc2O)cc(C2CC2)c1F. The average molecular weight is 515 g/mol. The van der Waals surface area contributed by atoms with Crippen LogP contribution < -0.4 is 10.0 Å². The Bertz CT molecular complexity index is 1150. The van der Waals surface area contributed by atoms with Gasteiger partial charge in [0.05, 0.1) is 18.3 Å². The predicted octanol–water partition coefficient (Wildman–Crippen LogP) is 3.20. The Hall–Kier alpha value is -2.37. The minimum absolute atomic E-state index is 0.154. The smallest absolute Gasteiger partial charge is 0.265 e. The molecule has 1 saturated carbocycles. The van der Waals surface area contributed by atoms with Crippen LogP contribution in [-0.2, 0) is 14.8 Å². The molecule has 4 rings (SSSR count). The second-order valence-corrected chi connectivity index (χ2v) is 10.1. The van der Waals surface area contributed by atoms with Crippen molar-refractivity contribution >= 4 is 37.5 Å². The molecule has 0 spiro atoms. The van der Waals surface area contributed by atoms with Gasteiger partial charge in [0.15, 0.2) is 5.75 Å². The average Bonchev–Trinajstić information content (AvgIpc) is 3.42. The summed E-state index contributed by atoms with van der Waals surface area (Å²) in [4.78, 5) is 12.3. The minimum Gasteiger partial charge on any atom is -0.507 e. The number of phenols is 2. The molecule has 1 heterocycles. The molecule has 4 N–H and O–H groups in total. The van der Waals surface area contributed by atoms with Gasteiger partial charge in [-0.1, -0.05) is 15.9 Å². The lowest BCUT2D eigenvalue weighted by Gasteiger charge is -2.18. The van der Waals surface area contributed by atoms with Crippen LogP contribution in [0.25, 0.3) is 0 Å². The Morgan fingerprint density at radius 1 is 1.19 bits per heavy atom. The number of amides is 1. The number of phenolic OH excluding ortho intramolecular Hbond substituents is 2. The number of hydrogen-bond acceptors (Lipinski definition) is 6. The number of hydrogen-bond donors (Lipinski definition) is 4. The van der Waals surface area contributed by atoms with Crippen molar-refractivity contribution in [3.05, 3.63) is 45.7 Å². The lowest BCUT2D eigenvalue weighted by molar-refractivity contribution is 0.0922. The van der Waals surface area contributed by atoms with Crippen LogP contribution in [0.3, 0.4) is 0 Å². The lowest BCUT2D eigenvalue weighted by Crippen LogP contribution is -2.35. The quantitative estimate of drug-likeness (QED) is 0.438. The highest BCUT2D eigenvalue weighted by molar-refractivity contribution is 9.10. The maximum absolute atomic E-state index is 15.1. The summed E-state index contributed by atoms with van der Waals surface area (Å²) in [6, 6.07) is 4.72. The van der Waals surface area contributed by atoms with Crippen molar-refractivity contribution in [2.75, 3.05) is 17.9 Å². The third-order valence-corrected chi connectivity index (χ3v) is 7.12. The van der Waals surface area contributed by atoms with Crippen molar-refractivity contribution < 1.29 is 32.6 Å². The maximum atomic E-state index is 15.1. The molecule has 2 aliphatic rings. The number of rotatable bonds is 6. The van der Waals surface area contributed by atoms with E-state index in [0.29, 0.717) is 30.3 Å². The summed E-state index contributed by atoms with van der Waals surface area (Å²) in [5, 5.41) is 23.2. The first kappa shape index (κ1) is 21.8. The fraction of sp³-hybridized carbons (Fsp3) is 0.350. The number of benzene rings is 2. The van der Waals surface area contributed by atoms with E-state index in [4.69, 9.17) is 4.74 Å². The van der Waals surface area contributed by atoms with E-state index in [9.17, 15) is 23.4 Å². The maximum Gasteiger partial charge on any atom is 0.265 e. The summed E-state index contributed by atoms with van der Waals surface area (Å²) in [5.41, 5.74) is -0.801. The first-order chi connectivity index (χ1) is 14.7. The van der Waals surface area contributed by atoms with E-state index >= 15 is 4.39 Å². The molecule has 0 bridgehead atoms. The fourth-order valence-corrected chi connectivity index (χ4v) is 5.15. The van der Waals surface area contributed by atoms with Crippen LogP contribution in [0.2, 0.25) is 0 Å².